The topological polar surface area (TPSA) is 84.1 Å². The van der Waals surface area contributed by atoms with Crippen LogP contribution in [0, 0.1) is 0 Å². The van der Waals surface area contributed by atoms with Crippen molar-refractivity contribution >= 4 is 12.8 Å². The number of hydrogen-bond acceptors (Lipinski definition) is 5. The van der Waals surface area contributed by atoms with E-state index in [0.717, 1.165) is 0 Å². The van der Waals surface area contributed by atoms with Gasteiger partial charge in [0.1, 0.15) is 0 Å². The molecule has 2 N–H and O–H groups in total. The highest BCUT2D eigenvalue weighted by atomic mass is 16.4. The number of hydrogen-bond donors (Lipinski definition) is 2. The van der Waals surface area contributed by atoms with Gasteiger partial charge in [-0.3, -0.25) is 0 Å². The van der Waals surface area contributed by atoms with Crippen LogP contribution in [0.4, 0.5) is 0 Å². The van der Waals surface area contributed by atoms with Gasteiger partial charge in [-0.2, -0.15) is 0 Å². The number of nitrogens with zero attached hydrogens (tertiary/aromatic N) is 4. The fourth-order valence-electron chi connectivity index (χ4n) is 1.11. The van der Waals surface area contributed by atoms with E-state index >= 15 is 0 Å². The minimum atomic E-state index is -1.68. The maximum Gasteiger partial charge on any atom is 0.530 e. The Morgan fingerprint density at radius 3 is 2.50 bits per heavy atom. The van der Waals surface area contributed by atoms with Gasteiger partial charge < -0.3 is 10.0 Å². The second kappa shape index (κ2) is 3.56. The number of benzene rings is 1. The second-order valence-electron chi connectivity index (χ2n) is 2.66. The first kappa shape index (κ1) is 8.85. The lowest BCUT2D eigenvalue weighted by molar-refractivity contribution is 0.421. The number of tetrazole rings is 1. The van der Waals surface area contributed by atoms with E-state index in [2.05, 4.69) is 15.5 Å². The Balaban J connectivity index is 2.47. The largest absolute Gasteiger partial charge is 0.530 e. The summed E-state index contributed by atoms with van der Waals surface area (Å²) in [6, 6.07) is 9.00. The van der Waals surface area contributed by atoms with Crippen LogP contribution in [0.3, 0.4) is 0 Å². The molecule has 0 amide bonds. The van der Waals surface area contributed by atoms with Crippen molar-refractivity contribution in [2.75, 3.05) is 0 Å². The monoisotopic (exact) mass is 190 g/mol. The van der Waals surface area contributed by atoms with Crippen LogP contribution in [0.5, 0.6) is 0 Å². The first-order valence-corrected chi connectivity index (χ1v) is 3.99. The standard InChI is InChI=1S/C7H7BN4O2/c13-8(14)7-9-10-11-12(7)6-4-2-1-3-5-6/h1-5,13-14H. The molecule has 0 fully saturated rings. The van der Waals surface area contributed by atoms with E-state index in [1.165, 1.54) is 4.68 Å². The van der Waals surface area contributed by atoms with Crippen LogP contribution in [0.2, 0.25) is 0 Å². The molecular formula is C7H7BN4O2. The quantitative estimate of drug-likeness (QED) is 0.553. The number of rotatable bonds is 2. The van der Waals surface area contributed by atoms with Crippen LogP contribution in [-0.2, 0) is 0 Å². The second-order valence-corrected chi connectivity index (χ2v) is 2.66. The average molecular weight is 190 g/mol. The molecule has 0 saturated carbocycles. The van der Waals surface area contributed by atoms with Crippen molar-refractivity contribution in [1.29, 1.82) is 0 Å². The van der Waals surface area contributed by atoms with Crippen molar-refractivity contribution < 1.29 is 10.0 Å². The van der Waals surface area contributed by atoms with Gasteiger partial charge in [0, 0.05) is 0 Å². The lowest BCUT2D eigenvalue weighted by Gasteiger charge is -2.01. The van der Waals surface area contributed by atoms with Crippen LogP contribution in [0.15, 0.2) is 30.3 Å². The summed E-state index contributed by atoms with van der Waals surface area (Å²) in [6.45, 7) is 0. The molecule has 2 rings (SSSR count). The zero-order valence-corrected chi connectivity index (χ0v) is 7.15. The summed E-state index contributed by atoms with van der Waals surface area (Å²) in [7, 11) is -1.68. The van der Waals surface area contributed by atoms with E-state index < -0.39 is 7.12 Å². The summed E-state index contributed by atoms with van der Waals surface area (Å²) in [4.78, 5) is 0. The lowest BCUT2D eigenvalue weighted by atomic mass is 9.91. The molecule has 7 heteroatoms. The summed E-state index contributed by atoms with van der Waals surface area (Å²) < 4.78 is 1.27. The summed E-state index contributed by atoms with van der Waals surface area (Å²) in [6.07, 6.45) is 0. The molecule has 0 atom stereocenters. The zero-order chi connectivity index (χ0) is 9.97. The first-order valence-electron chi connectivity index (χ1n) is 3.99. The highest BCUT2D eigenvalue weighted by Gasteiger charge is 2.20. The molecule has 0 unspecified atom stereocenters. The van der Waals surface area contributed by atoms with Gasteiger partial charge in [0.05, 0.1) is 5.69 Å². The van der Waals surface area contributed by atoms with E-state index in [1.54, 1.807) is 12.1 Å². The summed E-state index contributed by atoms with van der Waals surface area (Å²) in [5.41, 5.74) is 0.678. The van der Waals surface area contributed by atoms with Crippen molar-refractivity contribution in [3.63, 3.8) is 0 Å². The lowest BCUT2D eigenvalue weighted by Crippen LogP contribution is -2.38. The van der Waals surface area contributed by atoms with Gasteiger partial charge in [-0.15, -0.1) is 5.10 Å². The van der Waals surface area contributed by atoms with Crippen molar-refractivity contribution in [3.05, 3.63) is 30.3 Å². The maximum atomic E-state index is 8.95. The first-order chi connectivity index (χ1) is 6.79. The Labute approximate surface area is 80.0 Å². The van der Waals surface area contributed by atoms with Gasteiger partial charge in [-0.25, -0.2) is 4.68 Å². The molecule has 1 heterocycles. The van der Waals surface area contributed by atoms with Gasteiger partial charge in [0.15, 0.2) is 5.72 Å². The molecule has 0 radical (unpaired) electrons. The average Bonchev–Trinajstić information content (AvgIpc) is 2.67. The summed E-state index contributed by atoms with van der Waals surface area (Å²) in [5.74, 6) is 0. The Hall–Kier alpha value is -1.73. The van der Waals surface area contributed by atoms with Gasteiger partial charge in [-0.05, 0) is 22.6 Å². The predicted octanol–water partition coefficient (Wildman–Crippen LogP) is -1.66. The molecule has 6 nitrogen and oxygen atoms in total. The Kier molecular flexibility index (Phi) is 2.25. The molecule has 0 spiro atoms. The van der Waals surface area contributed by atoms with E-state index in [0.29, 0.717) is 5.69 Å². The molecule has 0 aliphatic carbocycles. The van der Waals surface area contributed by atoms with Crippen LogP contribution >= 0.6 is 0 Å². The molecule has 1 aromatic carbocycles. The smallest absolute Gasteiger partial charge is 0.421 e. The van der Waals surface area contributed by atoms with E-state index in [-0.39, 0.29) is 5.72 Å². The number of aromatic nitrogens is 4. The minimum absolute atomic E-state index is 0.00352. The van der Waals surface area contributed by atoms with Crippen LogP contribution in [0.25, 0.3) is 5.69 Å². The van der Waals surface area contributed by atoms with Gasteiger partial charge in [0.25, 0.3) is 0 Å². The fourth-order valence-corrected chi connectivity index (χ4v) is 1.11. The number of para-hydroxylation sites is 1. The predicted molar refractivity (Wildman–Crippen MR) is 49.0 cm³/mol. The van der Waals surface area contributed by atoms with Gasteiger partial charge in [0.2, 0.25) is 0 Å². The van der Waals surface area contributed by atoms with Crippen LogP contribution in [0.1, 0.15) is 0 Å². The molecule has 1 aromatic heterocycles. The minimum Gasteiger partial charge on any atom is -0.421 e. The molecule has 0 bridgehead atoms. The van der Waals surface area contributed by atoms with E-state index in [1.807, 2.05) is 18.2 Å². The molecule has 2 aromatic rings. The normalized spacial score (nSPS) is 10.1. The molecule has 0 aliphatic heterocycles. The molecule has 70 valence electrons. The third-order valence-corrected chi connectivity index (χ3v) is 1.73. The summed E-state index contributed by atoms with van der Waals surface area (Å²) >= 11 is 0. The van der Waals surface area contributed by atoms with Crippen molar-refractivity contribution in [2.45, 2.75) is 0 Å². The zero-order valence-electron chi connectivity index (χ0n) is 7.15. The highest BCUT2D eigenvalue weighted by molar-refractivity contribution is 6.56. The van der Waals surface area contributed by atoms with E-state index in [9.17, 15) is 0 Å². The Bertz CT molecular complexity index is 417. The fraction of sp³-hybridized carbons (Fsp3) is 0. The van der Waals surface area contributed by atoms with Crippen LogP contribution < -0.4 is 5.72 Å². The van der Waals surface area contributed by atoms with Crippen LogP contribution in [-0.4, -0.2) is 37.4 Å². The van der Waals surface area contributed by atoms with Gasteiger partial charge >= 0.3 is 7.12 Å². The van der Waals surface area contributed by atoms with E-state index in [4.69, 9.17) is 10.0 Å². The maximum absolute atomic E-state index is 8.95. The molecule has 0 aliphatic rings. The summed E-state index contributed by atoms with van der Waals surface area (Å²) in [5, 5.41) is 28.4. The van der Waals surface area contributed by atoms with Crippen molar-refractivity contribution in [3.8, 4) is 5.69 Å². The third-order valence-electron chi connectivity index (χ3n) is 1.73. The molecule has 0 saturated heterocycles. The van der Waals surface area contributed by atoms with Crippen molar-refractivity contribution in [2.24, 2.45) is 0 Å². The third kappa shape index (κ3) is 1.50. The van der Waals surface area contributed by atoms with Crippen molar-refractivity contribution in [1.82, 2.24) is 20.2 Å². The highest BCUT2D eigenvalue weighted by Crippen LogP contribution is 2.01. The molecule has 14 heavy (non-hydrogen) atoms. The Morgan fingerprint density at radius 1 is 1.14 bits per heavy atom. The van der Waals surface area contributed by atoms with Gasteiger partial charge in [-0.1, -0.05) is 18.2 Å². The SMILES string of the molecule is OB(O)c1nnnn1-c1ccccc1. The Morgan fingerprint density at radius 2 is 1.86 bits per heavy atom. The molecular weight excluding hydrogens is 183 g/mol.